The number of imidazole rings is 1. The van der Waals surface area contributed by atoms with Crippen molar-refractivity contribution in [2.24, 2.45) is 10.9 Å². The lowest BCUT2D eigenvalue weighted by molar-refractivity contribution is 0.0907. The molecule has 1 atom stereocenters. The van der Waals surface area contributed by atoms with E-state index in [4.69, 9.17) is 4.74 Å². The van der Waals surface area contributed by atoms with Crippen molar-refractivity contribution in [1.29, 1.82) is 0 Å². The van der Waals surface area contributed by atoms with Crippen molar-refractivity contribution >= 4 is 17.0 Å². The number of nitrogens with one attached hydrogen (secondary N) is 1. The zero-order valence-corrected chi connectivity index (χ0v) is 18.6. The predicted molar refractivity (Wildman–Crippen MR) is 126 cm³/mol. The Bertz CT molecular complexity index is 998. The van der Waals surface area contributed by atoms with Crippen LogP contribution in [0.3, 0.4) is 0 Å². The highest BCUT2D eigenvalue weighted by molar-refractivity contribution is 5.80. The summed E-state index contributed by atoms with van der Waals surface area (Å²) in [7, 11) is 1.87. The first kappa shape index (κ1) is 21.4. The molecule has 4 rings (SSSR count). The predicted octanol–water partition coefficient (Wildman–Crippen LogP) is 3.85. The van der Waals surface area contributed by atoms with Crippen molar-refractivity contribution in [3.63, 3.8) is 0 Å². The van der Waals surface area contributed by atoms with E-state index in [0.29, 0.717) is 12.5 Å². The number of aryl methyl sites for hydroxylation is 2. The second-order valence-corrected chi connectivity index (χ2v) is 8.23. The normalized spacial score (nSPS) is 16.9. The SMILES string of the molecule is CN=C(NCCCn1c(C)nc2ccccc21)N1CCC(COCc2ccccc2)C1. The second kappa shape index (κ2) is 10.4. The highest BCUT2D eigenvalue weighted by Crippen LogP contribution is 2.18. The standard InChI is InChI=1S/C25H33N5O/c1-20-28-23-11-6-7-12-24(23)30(20)15-8-14-27-25(26-2)29-16-13-22(17-29)19-31-18-21-9-4-3-5-10-21/h3-7,9-12,22H,8,13-19H2,1-2H3,(H,26,27). The maximum atomic E-state index is 5.96. The van der Waals surface area contributed by atoms with Gasteiger partial charge in [-0.1, -0.05) is 42.5 Å². The molecular weight excluding hydrogens is 386 g/mol. The van der Waals surface area contributed by atoms with Gasteiger partial charge in [-0.2, -0.15) is 0 Å². The van der Waals surface area contributed by atoms with Gasteiger partial charge in [-0.3, -0.25) is 4.99 Å². The van der Waals surface area contributed by atoms with Crippen LogP contribution < -0.4 is 5.32 Å². The van der Waals surface area contributed by atoms with Crippen molar-refractivity contribution < 1.29 is 4.74 Å². The van der Waals surface area contributed by atoms with Crippen molar-refractivity contribution in [1.82, 2.24) is 19.8 Å². The minimum Gasteiger partial charge on any atom is -0.376 e. The molecule has 2 aromatic carbocycles. The number of aromatic nitrogens is 2. The van der Waals surface area contributed by atoms with Gasteiger partial charge in [0.05, 0.1) is 24.2 Å². The number of rotatable bonds is 8. The first-order chi connectivity index (χ1) is 15.2. The molecule has 0 amide bonds. The maximum Gasteiger partial charge on any atom is 0.193 e. The molecule has 1 N–H and O–H groups in total. The Morgan fingerprint density at radius 1 is 1.16 bits per heavy atom. The van der Waals surface area contributed by atoms with Crippen LogP contribution in [0.4, 0.5) is 0 Å². The molecule has 1 fully saturated rings. The summed E-state index contributed by atoms with van der Waals surface area (Å²) in [5, 5.41) is 3.55. The fourth-order valence-electron chi connectivity index (χ4n) is 4.33. The van der Waals surface area contributed by atoms with Crippen LogP contribution in [0, 0.1) is 12.8 Å². The Hall–Kier alpha value is -2.86. The van der Waals surface area contributed by atoms with Gasteiger partial charge in [0.1, 0.15) is 5.82 Å². The lowest BCUT2D eigenvalue weighted by Crippen LogP contribution is -2.40. The Labute approximate surface area is 185 Å². The average Bonchev–Trinajstić information content (AvgIpc) is 3.39. The highest BCUT2D eigenvalue weighted by Gasteiger charge is 2.24. The smallest absolute Gasteiger partial charge is 0.193 e. The van der Waals surface area contributed by atoms with Gasteiger partial charge in [-0.25, -0.2) is 4.98 Å². The molecule has 0 spiro atoms. The average molecular weight is 420 g/mol. The lowest BCUT2D eigenvalue weighted by atomic mass is 10.1. The molecular formula is C25H33N5O. The zero-order chi connectivity index (χ0) is 21.5. The number of para-hydroxylation sites is 2. The van der Waals surface area contributed by atoms with Crippen LogP contribution in [0.1, 0.15) is 24.2 Å². The van der Waals surface area contributed by atoms with Gasteiger partial charge in [0.15, 0.2) is 5.96 Å². The van der Waals surface area contributed by atoms with E-state index in [1.807, 2.05) is 19.2 Å². The summed E-state index contributed by atoms with van der Waals surface area (Å²) in [4.78, 5) is 11.5. The molecule has 1 aliphatic rings. The van der Waals surface area contributed by atoms with Gasteiger partial charge in [0.2, 0.25) is 0 Å². The van der Waals surface area contributed by atoms with Gasteiger partial charge < -0.3 is 19.5 Å². The molecule has 0 bridgehead atoms. The van der Waals surface area contributed by atoms with Gasteiger partial charge >= 0.3 is 0 Å². The maximum absolute atomic E-state index is 5.96. The first-order valence-electron chi connectivity index (χ1n) is 11.2. The fraction of sp³-hybridized carbons (Fsp3) is 0.440. The molecule has 6 nitrogen and oxygen atoms in total. The third-order valence-corrected chi connectivity index (χ3v) is 5.95. The minimum atomic E-state index is 0.558. The molecule has 164 valence electrons. The Morgan fingerprint density at radius 2 is 1.97 bits per heavy atom. The summed E-state index contributed by atoms with van der Waals surface area (Å²) >= 11 is 0. The summed E-state index contributed by atoms with van der Waals surface area (Å²) in [6.07, 6.45) is 2.17. The topological polar surface area (TPSA) is 54.7 Å². The number of fused-ring (bicyclic) bond motifs is 1. The molecule has 1 aromatic heterocycles. The number of aliphatic imine (C=N–C) groups is 1. The third kappa shape index (κ3) is 5.44. The van der Waals surface area contributed by atoms with E-state index in [9.17, 15) is 0 Å². The number of hydrogen-bond donors (Lipinski definition) is 1. The molecule has 0 radical (unpaired) electrons. The molecule has 1 unspecified atom stereocenters. The monoisotopic (exact) mass is 419 g/mol. The Balaban J connectivity index is 1.19. The molecule has 2 heterocycles. The number of guanidine groups is 1. The molecule has 0 aliphatic carbocycles. The molecule has 31 heavy (non-hydrogen) atoms. The van der Waals surface area contributed by atoms with Crippen molar-refractivity contribution in [2.75, 3.05) is 33.3 Å². The number of likely N-dealkylation sites (tertiary alicyclic amines) is 1. The van der Waals surface area contributed by atoms with Crippen molar-refractivity contribution in [2.45, 2.75) is 32.9 Å². The van der Waals surface area contributed by atoms with E-state index in [1.165, 1.54) is 11.1 Å². The van der Waals surface area contributed by atoms with Crippen molar-refractivity contribution in [3.8, 4) is 0 Å². The van der Waals surface area contributed by atoms with E-state index in [-0.39, 0.29) is 0 Å². The summed E-state index contributed by atoms with van der Waals surface area (Å²) < 4.78 is 8.26. The molecule has 0 saturated carbocycles. The second-order valence-electron chi connectivity index (χ2n) is 8.23. The quantitative estimate of drug-likeness (QED) is 0.342. The van der Waals surface area contributed by atoms with Crippen LogP contribution in [-0.2, 0) is 17.9 Å². The summed E-state index contributed by atoms with van der Waals surface area (Å²) in [5.74, 6) is 2.63. The number of nitrogens with zero attached hydrogens (tertiary/aromatic N) is 4. The summed E-state index contributed by atoms with van der Waals surface area (Å²) in [6.45, 7) is 7.44. The van der Waals surface area contributed by atoms with Crippen LogP contribution in [0.15, 0.2) is 59.6 Å². The summed E-state index contributed by atoms with van der Waals surface area (Å²) in [5.41, 5.74) is 3.51. The van der Waals surface area contributed by atoms with E-state index in [2.05, 4.69) is 74.1 Å². The van der Waals surface area contributed by atoms with E-state index >= 15 is 0 Å². The number of hydrogen-bond acceptors (Lipinski definition) is 3. The Morgan fingerprint density at radius 3 is 2.81 bits per heavy atom. The van der Waals surface area contributed by atoms with Crippen LogP contribution >= 0.6 is 0 Å². The largest absolute Gasteiger partial charge is 0.376 e. The fourth-order valence-corrected chi connectivity index (χ4v) is 4.33. The molecule has 6 heteroatoms. The first-order valence-corrected chi connectivity index (χ1v) is 11.2. The van der Waals surface area contributed by atoms with Crippen LogP contribution in [0.5, 0.6) is 0 Å². The van der Waals surface area contributed by atoms with Crippen LogP contribution in [0.25, 0.3) is 11.0 Å². The number of benzene rings is 2. The zero-order valence-electron chi connectivity index (χ0n) is 18.6. The molecule has 3 aromatic rings. The highest BCUT2D eigenvalue weighted by atomic mass is 16.5. The molecule has 1 aliphatic heterocycles. The van der Waals surface area contributed by atoms with Crippen LogP contribution in [0.2, 0.25) is 0 Å². The van der Waals surface area contributed by atoms with Gasteiger partial charge in [-0.05, 0) is 37.5 Å². The van der Waals surface area contributed by atoms with E-state index in [0.717, 1.165) is 62.9 Å². The third-order valence-electron chi connectivity index (χ3n) is 5.95. The molecule has 1 saturated heterocycles. The Kier molecular flexibility index (Phi) is 7.20. The lowest BCUT2D eigenvalue weighted by Gasteiger charge is -2.22. The minimum absolute atomic E-state index is 0.558. The van der Waals surface area contributed by atoms with Gasteiger partial charge in [0, 0.05) is 39.1 Å². The van der Waals surface area contributed by atoms with E-state index in [1.54, 1.807) is 0 Å². The van der Waals surface area contributed by atoms with Crippen molar-refractivity contribution in [3.05, 3.63) is 66.0 Å². The number of ether oxygens (including phenoxy) is 1. The van der Waals surface area contributed by atoms with Gasteiger partial charge in [0.25, 0.3) is 0 Å². The summed E-state index contributed by atoms with van der Waals surface area (Å²) in [6, 6.07) is 18.7. The van der Waals surface area contributed by atoms with E-state index < -0.39 is 0 Å². The van der Waals surface area contributed by atoms with Gasteiger partial charge in [-0.15, -0.1) is 0 Å². The van der Waals surface area contributed by atoms with Crippen LogP contribution in [-0.4, -0.2) is 53.7 Å².